The summed E-state index contributed by atoms with van der Waals surface area (Å²) in [6, 6.07) is 6.72. The average molecular weight is 264 g/mol. The van der Waals surface area contributed by atoms with Gasteiger partial charge in [-0.15, -0.1) is 0 Å². The molecule has 0 fully saturated rings. The van der Waals surface area contributed by atoms with Crippen molar-refractivity contribution in [3.8, 4) is 5.75 Å². The number of carbonyl (C=O) groups excluding carboxylic acids is 2. The first-order chi connectivity index (χ1) is 8.97. The van der Waals surface area contributed by atoms with Gasteiger partial charge in [-0.05, 0) is 51.3 Å². The highest BCUT2D eigenvalue weighted by molar-refractivity contribution is 5.88. The number of nitrogens with zero attached hydrogens (tertiary/aromatic N) is 1. The van der Waals surface area contributed by atoms with E-state index in [9.17, 15) is 9.59 Å². The molecule has 1 aromatic rings. The van der Waals surface area contributed by atoms with Crippen molar-refractivity contribution >= 4 is 17.6 Å². The van der Waals surface area contributed by atoms with Gasteiger partial charge in [-0.25, -0.2) is 0 Å². The highest BCUT2D eigenvalue weighted by Crippen LogP contribution is 2.16. The number of amides is 1. The van der Waals surface area contributed by atoms with Gasteiger partial charge in [0.15, 0.2) is 0 Å². The van der Waals surface area contributed by atoms with Crippen LogP contribution in [0, 0.1) is 0 Å². The zero-order chi connectivity index (χ0) is 14.3. The van der Waals surface area contributed by atoms with E-state index in [4.69, 9.17) is 4.74 Å². The summed E-state index contributed by atoms with van der Waals surface area (Å²) in [6.45, 7) is 2.30. The molecule has 0 heterocycles. The van der Waals surface area contributed by atoms with Crippen molar-refractivity contribution in [3.05, 3.63) is 24.3 Å². The fraction of sp³-hybridized carbons (Fsp3) is 0.429. The number of anilines is 1. The molecular formula is C14H20N2O3. The maximum Gasteiger partial charge on any atom is 0.311 e. The van der Waals surface area contributed by atoms with E-state index >= 15 is 0 Å². The molecule has 0 saturated heterocycles. The lowest BCUT2D eigenvalue weighted by atomic mass is 10.3. The molecule has 0 saturated carbocycles. The molecule has 0 unspecified atom stereocenters. The number of rotatable bonds is 6. The summed E-state index contributed by atoms with van der Waals surface area (Å²) in [5.41, 5.74) is 0.680. The largest absolute Gasteiger partial charge is 0.427 e. The van der Waals surface area contributed by atoms with Gasteiger partial charge in [0.2, 0.25) is 5.91 Å². The summed E-state index contributed by atoms with van der Waals surface area (Å²) in [7, 11) is 3.93. The Morgan fingerprint density at radius 3 is 2.37 bits per heavy atom. The van der Waals surface area contributed by atoms with Crippen LogP contribution in [-0.4, -0.2) is 37.4 Å². The Kier molecular flexibility index (Phi) is 6.02. The summed E-state index contributed by atoms with van der Waals surface area (Å²) in [6.07, 6.45) is 1.17. The van der Waals surface area contributed by atoms with E-state index in [2.05, 4.69) is 5.32 Å². The Morgan fingerprint density at radius 1 is 1.21 bits per heavy atom. The minimum absolute atomic E-state index is 0.131. The number of hydrogen-bond donors (Lipinski definition) is 1. The predicted octanol–water partition coefficient (Wildman–Crippen LogP) is 1.89. The van der Waals surface area contributed by atoms with E-state index in [0.717, 1.165) is 13.0 Å². The van der Waals surface area contributed by atoms with Crippen LogP contribution in [0.4, 0.5) is 5.69 Å². The van der Waals surface area contributed by atoms with Crippen LogP contribution in [0.5, 0.6) is 5.75 Å². The zero-order valence-corrected chi connectivity index (χ0v) is 11.6. The second-order valence-electron chi connectivity index (χ2n) is 4.59. The van der Waals surface area contributed by atoms with Gasteiger partial charge in [0, 0.05) is 19.0 Å². The smallest absolute Gasteiger partial charge is 0.311 e. The fourth-order valence-corrected chi connectivity index (χ4v) is 1.53. The number of benzene rings is 1. The molecule has 0 spiro atoms. The second-order valence-corrected chi connectivity index (χ2v) is 4.59. The van der Waals surface area contributed by atoms with E-state index in [1.54, 1.807) is 24.3 Å². The van der Waals surface area contributed by atoms with Crippen molar-refractivity contribution in [1.82, 2.24) is 4.90 Å². The molecule has 5 heteroatoms. The van der Waals surface area contributed by atoms with E-state index in [1.165, 1.54) is 6.92 Å². The number of esters is 1. The predicted molar refractivity (Wildman–Crippen MR) is 74.2 cm³/mol. The van der Waals surface area contributed by atoms with E-state index in [-0.39, 0.29) is 11.9 Å². The van der Waals surface area contributed by atoms with E-state index in [1.807, 2.05) is 19.0 Å². The molecule has 0 bridgehead atoms. The third-order valence-corrected chi connectivity index (χ3v) is 2.39. The lowest BCUT2D eigenvalue weighted by Crippen LogP contribution is -2.16. The molecule has 1 aromatic carbocycles. The average Bonchev–Trinajstić information content (AvgIpc) is 2.30. The zero-order valence-electron chi connectivity index (χ0n) is 11.6. The molecule has 0 aliphatic heterocycles. The molecule has 1 amide bonds. The van der Waals surface area contributed by atoms with Gasteiger partial charge in [-0.2, -0.15) is 0 Å². The van der Waals surface area contributed by atoms with Crippen LogP contribution < -0.4 is 10.1 Å². The van der Waals surface area contributed by atoms with Crippen molar-refractivity contribution < 1.29 is 14.3 Å². The number of carbonyl (C=O) groups is 2. The maximum atomic E-state index is 11.5. The van der Waals surface area contributed by atoms with Gasteiger partial charge in [-0.1, -0.05) is 0 Å². The topological polar surface area (TPSA) is 58.6 Å². The first kappa shape index (κ1) is 15.2. The molecular weight excluding hydrogens is 244 g/mol. The molecule has 1 N–H and O–H groups in total. The molecule has 0 radical (unpaired) electrons. The minimum Gasteiger partial charge on any atom is -0.427 e. The molecule has 0 aliphatic rings. The van der Waals surface area contributed by atoms with Crippen molar-refractivity contribution in [3.63, 3.8) is 0 Å². The summed E-state index contributed by atoms with van der Waals surface area (Å²) in [4.78, 5) is 24.4. The number of ether oxygens (including phenoxy) is 1. The molecule has 19 heavy (non-hydrogen) atoms. The monoisotopic (exact) mass is 264 g/mol. The molecule has 0 atom stereocenters. The van der Waals surface area contributed by atoms with Crippen LogP contribution in [0.2, 0.25) is 0 Å². The summed E-state index contributed by atoms with van der Waals surface area (Å²) in [5, 5.41) is 2.65. The lowest BCUT2D eigenvalue weighted by molar-refractivity contribution is -0.134. The van der Waals surface area contributed by atoms with Crippen LogP contribution in [0.1, 0.15) is 19.8 Å². The third-order valence-electron chi connectivity index (χ3n) is 2.39. The van der Waals surface area contributed by atoms with Gasteiger partial charge in [0.1, 0.15) is 5.75 Å². The third kappa shape index (κ3) is 6.57. The Morgan fingerprint density at radius 2 is 1.84 bits per heavy atom. The molecule has 1 rings (SSSR count). The van der Waals surface area contributed by atoms with Crippen molar-refractivity contribution in [1.29, 1.82) is 0 Å². The van der Waals surface area contributed by atoms with Crippen molar-refractivity contribution in [2.75, 3.05) is 26.0 Å². The fourth-order valence-electron chi connectivity index (χ4n) is 1.53. The van der Waals surface area contributed by atoms with E-state index in [0.29, 0.717) is 17.9 Å². The highest BCUT2D eigenvalue weighted by atomic mass is 16.5. The molecule has 0 aromatic heterocycles. The second kappa shape index (κ2) is 7.53. The van der Waals surface area contributed by atoms with Gasteiger partial charge in [-0.3, -0.25) is 9.59 Å². The highest BCUT2D eigenvalue weighted by Gasteiger charge is 2.05. The van der Waals surface area contributed by atoms with Gasteiger partial charge < -0.3 is 15.0 Å². The summed E-state index contributed by atoms with van der Waals surface area (Å²) < 4.78 is 5.19. The van der Waals surface area contributed by atoms with Gasteiger partial charge >= 0.3 is 5.97 Å². The minimum atomic E-state index is -0.242. The van der Waals surface area contributed by atoms with Gasteiger partial charge in [0.25, 0.3) is 0 Å². The standard InChI is InChI=1S/C14H20N2O3/c1-11(17)15-12-6-8-13(9-7-12)19-14(18)5-4-10-16(2)3/h6-9H,4-5,10H2,1-3H3,(H,15,17). The van der Waals surface area contributed by atoms with E-state index < -0.39 is 0 Å². The van der Waals surface area contributed by atoms with Crippen LogP contribution in [0.15, 0.2) is 24.3 Å². The maximum absolute atomic E-state index is 11.5. The Bertz CT molecular complexity index is 427. The molecule has 0 aliphatic carbocycles. The quantitative estimate of drug-likeness (QED) is 0.629. The van der Waals surface area contributed by atoms with Crippen molar-refractivity contribution in [2.24, 2.45) is 0 Å². The van der Waals surface area contributed by atoms with Crippen LogP contribution in [0.3, 0.4) is 0 Å². The number of hydrogen-bond acceptors (Lipinski definition) is 4. The Hall–Kier alpha value is -1.88. The normalized spacial score (nSPS) is 10.3. The van der Waals surface area contributed by atoms with Gasteiger partial charge in [0.05, 0.1) is 0 Å². The summed E-state index contributed by atoms with van der Waals surface area (Å²) in [5.74, 6) is 0.117. The van der Waals surface area contributed by atoms with Crippen LogP contribution in [-0.2, 0) is 9.59 Å². The Balaban J connectivity index is 2.40. The molecule has 104 valence electrons. The van der Waals surface area contributed by atoms with Crippen LogP contribution in [0.25, 0.3) is 0 Å². The molecule has 5 nitrogen and oxygen atoms in total. The van der Waals surface area contributed by atoms with Crippen molar-refractivity contribution in [2.45, 2.75) is 19.8 Å². The van der Waals surface area contributed by atoms with Crippen LogP contribution >= 0.6 is 0 Å². The Labute approximate surface area is 113 Å². The first-order valence-corrected chi connectivity index (χ1v) is 6.20. The number of nitrogens with one attached hydrogen (secondary N) is 1. The lowest BCUT2D eigenvalue weighted by Gasteiger charge is -2.09. The SMILES string of the molecule is CC(=O)Nc1ccc(OC(=O)CCCN(C)C)cc1. The summed E-state index contributed by atoms with van der Waals surface area (Å²) >= 11 is 0. The first-order valence-electron chi connectivity index (χ1n) is 6.20.